The van der Waals surface area contributed by atoms with Gasteiger partial charge in [-0.05, 0) is 36.1 Å². The molecule has 0 aliphatic heterocycles. The smallest absolute Gasteiger partial charge is 0.168 e. The number of hydrogen-bond acceptors (Lipinski definition) is 6. The fraction of sp³-hybridized carbons (Fsp3) is 0.143. The van der Waals surface area contributed by atoms with Crippen molar-refractivity contribution < 1.29 is 9.59 Å². The summed E-state index contributed by atoms with van der Waals surface area (Å²) in [5, 5.41) is 9.60. The molecule has 1 N–H and O–H groups in total. The van der Waals surface area contributed by atoms with Crippen molar-refractivity contribution in [1.29, 1.82) is 0 Å². The van der Waals surface area contributed by atoms with Crippen LogP contribution in [0.1, 0.15) is 21.7 Å². The van der Waals surface area contributed by atoms with Gasteiger partial charge < -0.3 is 10.1 Å². The Bertz CT molecular complexity index is 1070. The largest absolute Gasteiger partial charge is 0.388 e. The van der Waals surface area contributed by atoms with Gasteiger partial charge in [-0.25, -0.2) is 9.50 Å². The third-order valence-electron chi connectivity index (χ3n) is 4.33. The molecule has 7 heteroatoms. The van der Waals surface area contributed by atoms with Gasteiger partial charge in [-0.15, -0.1) is 11.3 Å². The molecule has 0 amide bonds. The molecule has 0 radical (unpaired) electrons. The van der Waals surface area contributed by atoms with E-state index in [0.717, 1.165) is 23.4 Å². The molecule has 0 fully saturated rings. The van der Waals surface area contributed by atoms with E-state index in [2.05, 4.69) is 27.5 Å². The Hall–Kier alpha value is -3.32. The lowest BCUT2D eigenvalue weighted by molar-refractivity contribution is -0.0980. The number of nitrogens with zero attached hydrogens (tertiary/aromatic N) is 3. The van der Waals surface area contributed by atoms with Crippen LogP contribution in [0.5, 0.6) is 0 Å². The lowest BCUT2D eigenvalue weighted by atomic mass is 10.1. The number of nitrogens with one attached hydrogen (secondary N) is 1. The average molecular weight is 392 g/mol. The maximum absolute atomic E-state index is 12.7. The average Bonchev–Trinajstić information content (AvgIpc) is 3.43. The van der Waals surface area contributed by atoms with E-state index in [1.54, 1.807) is 28.2 Å². The Morgan fingerprint density at radius 3 is 2.82 bits per heavy atom. The molecule has 142 valence electrons. The molecular weight excluding hydrogens is 372 g/mol. The molecule has 6 nitrogen and oxygen atoms in total. The summed E-state index contributed by atoms with van der Waals surface area (Å²) in [6.45, 7) is 2.00. The molecule has 0 bridgehead atoms. The number of rotatable bonds is 6. The lowest BCUT2D eigenvalue weighted by Gasteiger charge is -2.07. The van der Waals surface area contributed by atoms with Crippen molar-refractivity contribution in [3.05, 3.63) is 70.7 Å². The molecule has 3 aromatic heterocycles. The highest BCUT2D eigenvalue weighted by atomic mass is 32.1. The summed E-state index contributed by atoms with van der Waals surface area (Å²) in [4.78, 5) is 26.3. The molecule has 4 aromatic rings. The molecule has 0 atom stereocenters. The Kier molecular flexibility index (Phi) is 6.29. The number of fused-ring (bicyclic) bond motifs is 1. The molecule has 0 saturated heterocycles. The summed E-state index contributed by atoms with van der Waals surface area (Å²) >= 11 is 1.67. The standard InChI is InChI=1S/C20H18N4OS.CH2O/c1-21-15-5-2-4-14(12-15)18-9-10-22-20-17(13-23-24(18)20)19(25)8-7-16-6-3-11-26-16;1-2/h2-6,9-13,21H,7-8H2,1H3;1H2. The maximum atomic E-state index is 12.7. The first-order valence-electron chi connectivity index (χ1n) is 8.71. The van der Waals surface area contributed by atoms with Crippen LogP contribution in [0.25, 0.3) is 16.9 Å². The molecular formula is C21H20N4O2S. The van der Waals surface area contributed by atoms with Gasteiger partial charge in [-0.1, -0.05) is 18.2 Å². The van der Waals surface area contributed by atoms with E-state index in [1.807, 2.05) is 49.5 Å². The highest BCUT2D eigenvalue weighted by Crippen LogP contribution is 2.24. The molecule has 1 aromatic carbocycles. The number of ketones is 1. The van der Waals surface area contributed by atoms with Crippen molar-refractivity contribution in [2.75, 3.05) is 12.4 Å². The van der Waals surface area contributed by atoms with Gasteiger partial charge in [-0.2, -0.15) is 5.10 Å². The first-order valence-corrected chi connectivity index (χ1v) is 9.59. The van der Waals surface area contributed by atoms with E-state index in [4.69, 9.17) is 4.79 Å². The van der Waals surface area contributed by atoms with E-state index >= 15 is 0 Å². The van der Waals surface area contributed by atoms with Crippen LogP contribution >= 0.6 is 11.3 Å². The van der Waals surface area contributed by atoms with Gasteiger partial charge in [0.25, 0.3) is 0 Å². The first-order chi connectivity index (χ1) is 13.8. The minimum Gasteiger partial charge on any atom is -0.388 e. The Morgan fingerprint density at radius 1 is 1.21 bits per heavy atom. The first kappa shape index (κ1) is 19.4. The highest BCUT2D eigenvalue weighted by Gasteiger charge is 2.16. The van der Waals surface area contributed by atoms with Gasteiger partial charge in [0.1, 0.15) is 6.79 Å². The molecule has 3 heterocycles. The zero-order valence-electron chi connectivity index (χ0n) is 15.5. The molecule has 0 saturated carbocycles. The van der Waals surface area contributed by atoms with Crippen LogP contribution in [0, 0.1) is 0 Å². The molecule has 4 rings (SSSR count). The Morgan fingerprint density at radius 2 is 2.07 bits per heavy atom. The fourth-order valence-electron chi connectivity index (χ4n) is 2.97. The number of carbonyl (C=O) groups is 2. The van der Waals surface area contributed by atoms with Crippen molar-refractivity contribution in [2.45, 2.75) is 12.8 Å². The van der Waals surface area contributed by atoms with Crippen LogP contribution < -0.4 is 5.32 Å². The number of benzene rings is 1. The van der Waals surface area contributed by atoms with Gasteiger partial charge >= 0.3 is 0 Å². The van der Waals surface area contributed by atoms with Gasteiger partial charge in [0, 0.05) is 35.8 Å². The summed E-state index contributed by atoms with van der Waals surface area (Å²) in [6, 6.07) is 14.0. The number of thiophene rings is 1. The summed E-state index contributed by atoms with van der Waals surface area (Å²) in [5.74, 6) is 0.0713. The zero-order valence-corrected chi connectivity index (χ0v) is 16.3. The lowest BCUT2D eigenvalue weighted by Crippen LogP contribution is -2.02. The maximum Gasteiger partial charge on any atom is 0.168 e. The molecule has 0 aliphatic carbocycles. The second-order valence-corrected chi connectivity index (χ2v) is 6.99. The van der Waals surface area contributed by atoms with Crippen molar-refractivity contribution in [1.82, 2.24) is 14.6 Å². The Balaban J connectivity index is 0.00000109. The van der Waals surface area contributed by atoms with Crippen molar-refractivity contribution in [3.63, 3.8) is 0 Å². The number of anilines is 1. The Labute approximate surface area is 166 Å². The van der Waals surface area contributed by atoms with Crippen LogP contribution in [-0.2, 0) is 11.2 Å². The minimum absolute atomic E-state index is 0.0713. The quantitative estimate of drug-likeness (QED) is 0.499. The van der Waals surface area contributed by atoms with E-state index in [1.165, 1.54) is 4.88 Å². The molecule has 0 spiro atoms. The van der Waals surface area contributed by atoms with Crippen molar-refractivity contribution in [2.24, 2.45) is 0 Å². The number of hydrogen-bond donors (Lipinski definition) is 1. The van der Waals surface area contributed by atoms with Crippen LogP contribution in [0.2, 0.25) is 0 Å². The van der Waals surface area contributed by atoms with E-state index in [9.17, 15) is 4.79 Å². The SMILES string of the molecule is C=O.CNc1cccc(-c2ccnc3c(C(=O)CCc4cccs4)cnn23)c1. The highest BCUT2D eigenvalue weighted by molar-refractivity contribution is 7.09. The van der Waals surface area contributed by atoms with Gasteiger partial charge in [0.15, 0.2) is 11.4 Å². The zero-order chi connectivity index (χ0) is 19.9. The second kappa shape index (κ2) is 9.05. The van der Waals surface area contributed by atoms with E-state index < -0.39 is 0 Å². The van der Waals surface area contributed by atoms with Crippen LogP contribution in [0.15, 0.2) is 60.2 Å². The van der Waals surface area contributed by atoms with Gasteiger partial charge in [0.2, 0.25) is 0 Å². The van der Waals surface area contributed by atoms with E-state index in [0.29, 0.717) is 17.6 Å². The topological polar surface area (TPSA) is 76.4 Å². The summed E-state index contributed by atoms with van der Waals surface area (Å²) < 4.78 is 1.74. The third kappa shape index (κ3) is 3.99. The van der Waals surface area contributed by atoms with Crippen LogP contribution in [0.3, 0.4) is 0 Å². The van der Waals surface area contributed by atoms with Crippen LogP contribution in [0.4, 0.5) is 5.69 Å². The second-order valence-electron chi connectivity index (χ2n) is 5.96. The van der Waals surface area contributed by atoms with Crippen molar-refractivity contribution >= 4 is 35.2 Å². The minimum atomic E-state index is 0.0713. The monoisotopic (exact) mass is 392 g/mol. The van der Waals surface area contributed by atoms with Crippen molar-refractivity contribution in [3.8, 4) is 11.3 Å². The van der Waals surface area contributed by atoms with E-state index in [-0.39, 0.29) is 5.78 Å². The summed E-state index contributed by atoms with van der Waals surface area (Å²) in [6.07, 6.45) is 4.57. The molecule has 0 aliphatic rings. The predicted molar refractivity (Wildman–Crippen MR) is 112 cm³/mol. The van der Waals surface area contributed by atoms with Gasteiger partial charge in [-0.3, -0.25) is 4.79 Å². The summed E-state index contributed by atoms with van der Waals surface area (Å²) in [5.41, 5.74) is 4.13. The number of carbonyl (C=O) groups excluding carboxylic acids is 2. The number of aromatic nitrogens is 3. The predicted octanol–water partition coefficient (Wildman–Crippen LogP) is 4.13. The number of Topliss-reactive ketones (excluding diaryl/α,β-unsaturated/α-hetero) is 1. The third-order valence-corrected chi connectivity index (χ3v) is 5.26. The summed E-state index contributed by atoms with van der Waals surface area (Å²) in [7, 11) is 1.89. The molecule has 28 heavy (non-hydrogen) atoms. The number of aryl methyl sites for hydroxylation is 1. The van der Waals surface area contributed by atoms with Crippen LogP contribution in [-0.4, -0.2) is 34.2 Å². The van der Waals surface area contributed by atoms with Gasteiger partial charge in [0.05, 0.1) is 17.5 Å². The molecule has 0 unspecified atom stereocenters. The normalized spacial score (nSPS) is 10.3. The fourth-order valence-corrected chi connectivity index (χ4v) is 3.68.